The molecule has 0 radical (unpaired) electrons. The van der Waals surface area contributed by atoms with Crippen LogP contribution >= 0.6 is 12.2 Å². The number of aliphatic hydroxyl groups excluding tert-OH is 1. The first-order chi connectivity index (χ1) is 11.6. The predicted molar refractivity (Wildman–Crippen MR) is 93.5 cm³/mol. The van der Waals surface area contributed by atoms with Gasteiger partial charge in [-0.25, -0.2) is 4.98 Å². The summed E-state index contributed by atoms with van der Waals surface area (Å²) in [5, 5.41) is 20.3. The molecule has 126 valence electrons. The summed E-state index contributed by atoms with van der Waals surface area (Å²) < 4.78 is 2.67. The number of hydrogen-bond acceptors (Lipinski definition) is 5. The van der Waals surface area contributed by atoms with E-state index in [4.69, 9.17) is 12.2 Å². The van der Waals surface area contributed by atoms with Crippen molar-refractivity contribution in [1.29, 1.82) is 0 Å². The molecule has 0 saturated heterocycles. The molecule has 1 aliphatic rings. The molecule has 1 aromatic heterocycles. The summed E-state index contributed by atoms with van der Waals surface area (Å²) in [7, 11) is 0. The first-order valence-electron chi connectivity index (χ1n) is 8.10. The Morgan fingerprint density at radius 1 is 1.33 bits per heavy atom. The first-order valence-corrected chi connectivity index (χ1v) is 8.51. The topological polar surface area (TPSA) is 81.2 Å². The summed E-state index contributed by atoms with van der Waals surface area (Å²) in [6, 6.07) is 6.47. The van der Waals surface area contributed by atoms with Crippen LogP contribution in [-0.2, 0) is 19.4 Å². The molecule has 24 heavy (non-hydrogen) atoms. The van der Waals surface area contributed by atoms with Gasteiger partial charge in [-0.15, -0.1) is 0 Å². The van der Waals surface area contributed by atoms with E-state index in [1.165, 1.54) is 12.1 Å². The van der Waals surface area contributed by atoms with E-state index >= 15 is 0 Å². The normalized spacial score (nSPS) is 13.5. The lowest BCUT2D eigenvalue weighted by atomic mass is 9.96. The third-order valence-corrected chi connectivity index (χ3v) is 4.68. The fourth-order valence-electron chi connectivity index (χ4n) is 3.22. The Labute approximate surface area is 144 Å². The number of nitro groups is 1. The molecule has 1 aromatic carbocycles. The molecule has 7 heteroatoms. The van der Waals surface area contributed by atoms with Gasteiger partial charge in [0.05, 0.1) is 4.92 Å². The van der Waals surface area contributed by atoms with Crippen molar-refractivity contribution in [3.63, 3.8) is 0 Å². The Morgan fingerprint density at radius 2 is 2.12 bits per heavy atom. The highest BCUT2D eigenvalue weighted by Gasteiger charge is 2.20. The molecule has 0 amide bonds. The summed E-state index contributed by atoms with van der Waals surface area (Å²) in [5.41, 5.74) is 2.99. The summed E-state index contributed by atoms with van der Waals surface area (Å²) in [5.74, 6) is 0.651. The van der Waals surface area contributed by atoms with Gasteiger partial charge in [-0.2, -0.15) is 0 Å². The van der Waals surface area contributed by atoms with E-state index in [2.05, 4.69) is 9.55 Å². The van der Waals surface area contributed by atoms with Crippen molar-refractivity contribution < 1.29 is 10.0 Å². The molecule has 0 saturated carbocycles. The third-order valence-electron chi connectivity index (χ3n) is 4.34. The van der Waals surface area contributed by atoms with Crippen LogP contribution in [0.5, 0.6) is 0 Å². The highest BCUT2D eigenvalue weighted by Crippen LogP contribution is 2.29. The molecule has 6 nitrogen and oxygen atoms in total. The van der Waals surface area contributed by atoms with E-state index in [1.807, 2.05) is 6.07 Å². The van der Waals surface area contributed by atoms with E-state index in [0.717, 1.165) is 36.9 Å². The number of benzene rings is 1. The van der Waals surface area contributed by atoms with Crippen LogP contribution in [0.3, 0.4) is 0 Å². The van der Waals surface area contributed by atoms with E-state index in [0.29, 0.717) is 29.0 Å². The Bertz CT molecular complexity index is 832. The fraction of sp³-hybridized carbons (Fsp3) is 0.412. The van der Waals surface area contributed by atoms with Gasteiger partial charge in [0, 0.05) is 42.1 Å². The van der Waals surface area contributed by atoms with E-state index in [-0.39, 0.29) is 12.3 Å². The number of aliphatic hydroxyl groups is 1. The van der Waals surface area contributed by atoms with E-state index < -0.39 is 4.92 Å². The van der Waals surface area contributed by atoms with E-state index in [9.17, 15) is 15.2 Å². The average molecular weight is 345 g/mol. The first kappa shape index (κ1) is 16.7. The molecule has 0 aliphatic heterocycles. The number of hydrogen-bond donors (Lipinski definition) is 1. The molecule has 2 aromatic rings. The van der Waals surface area contributed by atoms with Crippen LogP contribution in [-0.4, -0.2) is 26.2 Å². The maximum atomic E-state index is 11.1. The average Bonchev–Trinajstić information content (AvgIpc) is 2.61. The standard InChI is InChI=1S/C17H19N3O3S/c21-10-4-9-19-15-8-2-1-7-14(15)17(24)18-16(19)12-5-3-6-13(11-12)20(22)23/h3,5-6,11,21H,1-2,4,7-10H2. The molecule has 0 fully saturated rings. The second-order valence-electron chi connectivity index (χ2n) is 5.91. The number of fused-ring (bicyclic) bond motifs is 1. The van der Waals surface area contributed by atoms with Crippen molar-refractivity contribution in [3.8, 4) is 11.4 Å². The summed E-state index contributed by atoms with van der Waals surface area (Å²) in [6.45, 7) is 0.714. The highest BCUT2D eigenvalue weighted by molar-refractivity contribution is 7.71. The molecule has 0 unspecified atom stereocenters. The minimum absolute atomic E-state index is 0.0339. The molecule has 1 N–H and O–H groups in total. The van der Waals surface area contributed by atoms with Crippen LogP contribution in [0, 0.1) is 14.8 Å². The van der Waals surface area contributed by atoms with Gasteiger partial charge in [-0.1, -0.05) is 24.4 Å². The minimum atomic E-state index is -0.408. The zero-order chi connectivity index (χ0) is 17.1. The van der Waals surface area contributed by atoms with Gasteiger partial charge < -0.3 is 9.67 Å². The van der Waals surface area contributed by atoms with Crippen molar-refractivity contribution in [1.82, 2.24) is 9.55 Å². The van der Waals surface area contributed by atoms with Gasteiger partial charge >= 0.3 is 0 Å². The van der Waals surface area contributed by atoms with Crippen LogP contribution in [0.25, 0.3) is 11.4 Å². The molecule has 1 heterocycles. The SMILES string of the molecule is O=[N+]([O-])c1cccc(-c2nc(=S)c3c(n2CCCO)CCCC3)c1. The van der Waals surface area contributed by atoms with Crippen LogP contribution in [0.15, 0.2) is 24.3 Å². The van der Waals surface area contributed by atoms with Crippen molar-refractivity contribution in [2.45, 2.75) is 38.6 Å². The molecule has 1 aliphatic carbocycles. The van der Waals surface area contributed by atoms with Crippen molar-refractivity contribution in [3.05, 3.63) is 50.3 Å². The number of non-ortho nitro benzene ring substituents is 1. The van der Waals surface area contributed by atoms with Crippen molar-refractivity contribution in [2.75, 3.05) is 6.61 Å². The van der Waals surface area contributed by atoms with Crippen molar-refractivity contribution in [2.24, 2.45) is 0 Å². The molecule has 0 spiro atoms. The second-order valence-corrected chi connectivity index (χ2v) is 6.30. The molecule has 3 rings (SSSR count). The third kappa shape index (κ3) is 3.22. The minimum Gasteiger partial charge on any atom is -0.396 e. The van der Waals surface area contributed by atoms with Gasteiger partial charge in [0.1, 0.15) is 10.5 Å². The van der Waals surface area contributed by atoms with Gasteiger partial charge in [0.2, 0.25) is 0 Å². The molecule has 0 bridgehead atoms. The van der Waals surface area contributed by atoms with Crippen molar-refractivity contribution >= 4 is 17.9 Å². The lowest BCUT2D eigenvalue weighted by Gasteiger charge is -2.24. The summed E-state index contributed by atoms with van der Waals surface area (Å²) in [4.78, 5) is 15.2. The lowest BCUT2D eigenvalue weighted by molar-refractivity contribution is -0.384. The number of nitro benzene ring substituents is 1. The van der Waals surface area contributed by atoms with E-state index in [1.54, 1.807) is 6.07 Å². The quantitative estimate of drug-likeness (QED) is 0.510. The lowest BCUT2D eigenvalue weighted by Crippen LogP contribution is -2.19. The van der Waals surface area contributed by atoms with Crippen LogP contribution in [0.1, 0.15) is 30.5 Å². The van der Waals surface area contributed by atoms with Crippen LogP contribution in [0.4, 0.5) is 5.69 Å². The summed E-state index contributed by atoms with van der Waals surface area (Å²) >= 11 is 5.48. The Morgan fingerprint density at radius 3 is 2.88 bits per heavy atom. The maximum Gasteiger partial charge on any atom is 0.270 e. The summed E-state index contributed by atoms with van der Waals surface area (Å²) in [6.07, 6.45) is 4.66. The number of aromatic nitrogens is 2. The Balaban J connectivity index is 2.19. The molecule has 0 atom stereocenters. The van der Waals surface area contributed by atoms with Gasteiger partial charge in [-0.05, 0) is 32.1 Å². The Hall–Kier alpha value is -2.12. The van der Waals surface area contributed by atoms with Gasteiger partial charge in [-0.3, -0.25) is 10.1 Å². The van der Waals surface area contributed by atoms with Crippen LogP contribution < -0.4 is 0 Å². The second kappa shape index (κ2) is 7.19. The zero-order valence-corrected chi connectivity index (χ0v) is 14.1. The largest absolute Gasteiger partial charge is 0.396 e. The zero-order valence-electron chi connectivity index (χ0n) is 13.3. The predicted octanol–water partition coefficient (Wildman–Crippen LogP) is 3.45. The highest BCUT2D eigenvalue weighted by atomic mass is 32.1. The van der Waals surface area contributed by atoms with Gasteiger partial charge in [0.25, 0.3) is 5.69 Å². The van der Waals surface area contributed by atoms with Gasteiger partial charge in [0.15, 0.2) is 0 Å². The number of rotatable bonds is 5. The number of nitrogens with zero attached hydrogens (tertiary/aromatic N) is 3. The van der Waals surface area contributed by atoms with Crippen LogP contribution in [0.2, 0.25) is 0 Å². The Kier molecular flexibility index (Phi) is 5.01. The molecular weight excluding hydrogens is 326 g/mol. The molecular formula is C17H19N3O3S. The smallest absolute Gasteiger partial charge is 0.270 e. The fourth-order valence-corrected chi connectivity index (χ4v) is 3.52. The monoisotopic (exact) mass is 345 g/mol. The maximum absolute atomic E-state index is 11.1.